The first-order valence-electron chi connectivity index (χ1n) is 4.78. The van der Waals surface area contributed by atoms with E-state index in [1.54, 1.807) is 31.4 Å². The van der Waals surface area contributed by atoms with Gasteiger partial charge in [0.1, 0.15) is 11.6 Å². The van der Waals surface area contributed by atoms with Crippen LogP contribution in [0.1, 0.15) is 0 Å². The van der Waals surface area contributed by atoms with Gasteiger partial charge in [0.25, 0.3) is 0 Å². The summed E-state index contributed by atoms with van der Waals surface area (Å²) >= 11 is 0. The third kappa shape index (κ3) is 2.87. The maximum atomic E-state index is 12.8. The van der Waals surface area contributed by atoms with Crippen molar-refractivity contribution in [3.63, 3.8) is 0 Å². The lowest BCUT2D eigenvalue weighted by atomic mass is 10.3. The number of anilines is 2. The molecule has 0 spiro atoms. The van der Waals surface area contributed by atoms with E-state index in [0.29, 0.717) is 11.4 Å². The molecule has 0 atom stereocenters. The Labute approximate surface area is 96.3 Å². The van der Waals surface area contributed by atoms with Crippen LogP contribution in [0.5, 0.6) is 5.75 Å². The van der Waals surface area contributed by atoms with Crippen molar-refractivity contribution in [1.82, 2.24) is 9.97 Å². The Balaban J connectivity index is 2.19. The van der Waals surface area contributed by atoms with Crippen molar-refractivity contribution < 1.29 is 13.5 Å². The van der Waals surface area contributed by atoms with Gasteiger partial charge in [-0.15, -0.1) is 0 Å². The molecule has 0 aliphatic rings. The van der Waals surface area contributed by atoms with Crippen LogP contribution in [-0.4, -0.2) is 17.1 Å². The van der Waals surface area contributed by atoms with E-state index in [2.05, 4.69) is 15.3 Å². The number of rotatable bonds is 3. The summed E-state index contributed by atoms with van der Waals surface area (Å²) in [5.74, 6) is -0.177. The van der Waals surface area contributed by atoms with E-state index in [-0.39, 0.29) is 5.82 Å². The molecule has 0 bridgehead atoms. The van der Waals surface area contributed by atoms with Gasteiger partial charge in [-0.2, -0.15) is 18.7 Å². The second-order valence-corrected chi connectivity index (χ2v) is 3.20. The van der Waals surface area contributed by atoms with E-state index in [0.717, 1.165) is 6.07 Å². The monoisotopic (exact) mass is 237 g/mol. The Bertz CT molecular complexity index is 496. The molecule has 6 heteroatoms. The van der Waals surface area contributed by atoms with Crippen molar-refractivity contribution >= 4 is 11.5 Å². The molecule has 0 unspecified atom stereocenters. The maximum Gasteiger partial charge on any atom is 0.313 e. The summed E-state index contributed by atoms with van der Waals surface area (Å²) < 4.78 is 30.5. The molecule has 4 nitrogen and oxygen atoms in total. The standard InChI is InChI=1S/C11H9F2N3O/c1-17-8-4-2-7(3-5-8)14-10-6-9(12)15-11(13)16-10/h2-6H,1H3,(H,14,15,16). The van der Waals surface area contributed by atoms with E-state index < -0.39 is 12.0 Å². The van der Waals surface area contributed by atoms with E-state index in [9.17, 15) is 8.78 Å². The zero-order chi connectivity index (χ0) is 12.3. The Morgan fingerprint density at radius 2 is 1.82 bits per heavy atom. The van der Waals surface area contributed by atoms with Gasteiger partial charge in [0, 0.05) is 11.8 Å². The summed E-state index contributed by atoms with van der Waals surface area (Å²) in [5, 5.41) is 2.75. The third-order valence-electron chi connectivity index (χ3n) is 2.03. The van der Waals surface area contributed by atoms with Crippen LogP contribution in [-0.2, 0) is 0 Å². The highest BCUT2D eigenvalue weighted by atomic mass is 19.1. The number of hydrogen-bond acceptors (Lipinski definition) is 4. The SMILES string of the molecule is COc1ccc(Nc2cc(F)nc(F)n2)cc1. The Morgan fingerprint density at radius 3 is 2.41 bits per heavy atom. The summed E-state index contributed by atoms with van der Waals surface area (Å²) in [6.07, 6.45) is -1.11. The molecule has 1 aromatic carbocycles. The molecule has 1 aromatic heterocycles. The molecule has 2 rings (SSSR count). The minimum absolute atomic E-state index is 0.0557. The van der Waals surface area contributed by atoms with Crippen LogP contribution >= 0.6 is 0 Å². The smallest absolute Gasteiger partial charge is 0.313 e. The van der Waals surface area contributed by atoms with Crippen LogP contribution in [0.3, 0.4) is 0 Å². The number of hydrogen-bond donors (Lipinski definition) is 1. The number of halogens is 2. The molecule has 0 fully saturated rings. The van der Waals surface area contributed by atoms with Crippen LogP contribution in [0.25, 0.3) is 0 Å². The van der Waals surface area contributed by atoms with Gasteiger partial charge in [-0.25, -0.2) is 0 Å². The second kappa shape index (κ2) is 4.73. The number of ether oxygens (including phenoxy) is 1. The number of nitrogens with zero attached hydrogens (tertiary/aromatic N) is 2. The molecule has 1 heterocycles. The molecule has 0 radical (unpaired) electrons. The molecule has 2 aromatic rings. The van der Waals surface area contributed by atoms with Gasteiger partial charge in [0.2, 0.25) is 5.95 Å². The number of aromatic nitrogens is 2. The van der Waals surface area contributed by atoms with Crippen molar-refractivity contribution in [1.29, 1.82) is 0 Å². The molecule has 0 saturated heterocycles. The average Bonchev–Trinajstić information content (AvgIpc) is 2.28. The first-order chi connectivity index (χ1) is 8.17. The third-order valence-corrected chi connectivity index (χ3v) is 2.03. The molecule has 0 amide bonds. The number of benzene rings is 1. The van der Waals surface area contributed by atoms with Gasteiger partial charge in [-0.05, 0) is 24.3 Å². The minimum Gasteiger partial charge on any atom is -0.497 e. The highest BCUT2D eigenvalue weighted by Gasteiger charge is 2.03. The van der Waals surface area contributed by atoms with Gasteiger partial charge in [0.05, 0.1) is 7.11 Å². The topological polar surface area (TPSA) is 47.0 Å². The largest absolute Gasteiger partial charge is 0.497 e. The summed E-state index contributed by atoms with van der Waals surface area (Å²) in [4.78, 5) is 6.31. The summed E-state index contributed by atoms with van der Waals surface area (Å²) in [7, 11) is 1.55. The predicted octanol–water partition coefficient (Wildman–Crippen LogP) is 2.51. The van der Waals surface area contributed by atoms with Gasteiger partial charge < -0.3 is 10.1 Å². The molecule has 88 valence electrons. The molecule has 1 N–H and O–H groups in total. The number of nitrogens with one attached hydrogen (secondary N) is 1. The lowest BCUT2D eigenvalue weighted by molar-refractivity contribution is 0.415. The van der Waals surface area contributed by atoms with E-state index in [1.165, 1.54) is 0 Å². The van der Waals surface area contributed by atoms with Crippen LogP contribution in [0.2, 0.25) is 0 Å². The first kappa shape index (κ1) is 11.3. The number of methoxy groups -OCH3 is 1. The fourth-order valence-corrected chi connectivity index (χ4v) is 1.28. The predicted molar refractivity (Wildman–Crippen MR) is 58.2 cm³/mol. The second-order valence-electron chi connectivity index (χ2n) is 3.20. The van der Waals surface area contributed by atoms with Crippen LogP contribution in [0.4, 0.5) is 20.3 Å². The van der Waals surface area contributed by atoms with Gasteiger partial charge in [-0.3, -0.25) is 0 Å². The van der Waals surface area contributed by atoms with E-state index >= 15 is 0 Å². The molecular weight excluding hydrogens is 228 g/mol. The summed E-state index contributed by atoms with van der Waals surface area (Å²) in [6.45, 7) is 0. The summed E-state index contributed by atoms with van der Waals surface area (Å²) in [5.41, 5.74) is 0.642. The van der Waals surface area contributed by atoms with E-state index in [4.69, 9.17) is 4.74 Å². The highest BCUT2D eigenvalue weighted by molar-refractivity contribution is 5.56. The fourth-order valence-electron chi connectivity index (χ4n) is 1.28. The zero-order valence-corrected chi connectivity index (χ0v) is 8.95. The molecule has 17 heavy (non-hydrogen) atoms. The quantitative estimate of drug-likeness (QED) is 0.658. The van der Waals surface area contributed by atoms with Crippen molar-refractivity contribution in [2.24, 2.45) is 0 Å². The maximum absolute atomic E-state index is 12.8. The van der Waals surface area contributed by atoms with Crippen LogP contribution in [0, 0.1) is 12.0 Å². The Hall–Kier alpha value is -2.24. The lowest BCUT2D eigenvalue weighted by Gasteiger charge is -2.06. The van der Waals surface area contributed by atoms with Crippen molar-refractivity contribution in [2.45, 2.75) is 0 Å². The van der Waals surface area contributed by atoms with Crippen molar-refractivity contribution in [3.8, 4) is 5.75 Å². The van der Waals surface area contributed by atoms with Crippen molar-refractivity contribution in [3.05, 3.63) is 42.4 Å². The highest BCUT2D eigenvalue weighted by Crippen LogP contribution is 2.18. The van der Waals surface area contributed by atoms with Gasteiger partial charge in [0.15, 0.2) is 0 Å². The Morgan fingerprint density at radius 1 is 1.12 bits per heavy atom. The normalized spacial score (nSPS) is 10.1. The lowest BCUT2D eigenvalue weighted by Crippen LogP contribution is -1.99. The van der Waals surface area contributed by atoms with Crippen molar-refractivity contribution in [2.75, 3.05) is 12.4 Å². The minimum atomic E-state index is -1.11. The van der Waals surface area contributed by atoms with Crippen LogP contribution < -0.4 is 10.1 Å². The fraction of sp³-hybridized carbons (Fsp3) is 0.0909. The molecule has 0 aliphatic heterocycles. The Kier molecular flexibility index (Phi) is 3.13. The van der Waals surface area contributed by atoms with E-state index in [1.807, 2.05) is 0 Å². The van der Waals surface area contributed by atoms with Crippen LogP contribution in [0.15, 0.2) is 30.3 Å². The first-order valence-corrected chi connectivity index (χ1v) is 4.78. The average molecular weight is 237 g/mol. The molecular formula is C11H9F2N3O. The summed E-state index contributed by atoms with van der Waals surface area (Å²) in [6, 6.07) is 7.85. The van der Waals surface area contributed by atoms with Gasteiger partial charge >= 0.3 is 6.08 Å². The molecule has 0 saturated carbocycles. The van der Waals surface area contributed by atoms with Gasteiger partial charge in [-0.1, -0.05) is 0 Å². The zero-order valence-electron chi connectivity index (χ0n) is 8.95. The molecule has 0 aliphatic carbocycles.